The third kappa shape index (κ3) is 3.58. The summed E-state index contributed by atoms with van der Waals surface area (Å²) in [5.74, 6) is 0.621. The zero-order valence-electron chi connectivity index (χ0n) is 11.7. The molecule has 0 spiro atoms. The summed E-state index contributed by atoms with van der Waals surface area (Å²) in [5.41, 5.74) is 0. The predicted molar refractivity (Wildman–Crippen MR) is 83.8 cm³/mol. The van der Waals surface area contributed by atoms with E-state index in [-0.39, 0.29) is 21.4 Å². The average Bonchev–Trinajstić information content (AvgIpc) is 2.49. The summed E-state index contributed by atoms with van der Waals surface area (Å²) < 4.78 is 39.8. The van der Waals surface area contributed by atoms with E-state index in [1.807, 2.05) is 0 Å². The Hall–Kier alpha value is -1.63. The molecule has 0 unspecified atom stereocenters. The zero-order chi connectivity index (χ0) is 16.3. The SMILES string of the molecule is COc1ccc(S(=O)(=O)Oc2cc(Cl)ccc2Cl)cc1OC. The van der Waals surface area contributed by atoms with Gasteiger partial charge < -0.3 is 13.7 Å². The largest absolute Gasteiger partial charge is 0.493 e. The average molecular weight is 363 g/mol. The molecule has 0 radical (unpaired) electrons. The van der Waals surface area contributed by atoms with E-state index in [1.165, 1.54) is 50.6 Å². The van der Waals surface area contributed by atoms with Crippen LogP contribution < -0.4 is 13.7 Å². The first-order valence-corrected chi connectivity index (χ1v) is 8.15. The molecule has 2 rings (SSSR count). The Bertz CT molecular complexity index is 790. The van der Waals surface area contributed by atoms with E-state index in [0.717, 1.165) is 0 Å². The molecule has 0 amide bonds. The molecule has 2 aromatic rings. The second-order valence-corrected chi connectivity index (χ2v) is 6.52. The first kappa shape index (κ1) is 16.7. The lowest BCUT2D eigenvalue weighted by Gasteiger charge is -2.11. The van der Waals surface area contributed by atoms with E-state index in [9.17, 15) is 8.42 Å². The van der Waals surface area contributed by atoms with Crippen molar-refractivity contribution in [2.24, 2.45) is 0 Å². The monoisotopic (exact) mass is 362 g/mol. The third-order valence-electron chi connectivity index (χ3n) is 2.74. The Morgan fingerprint density at radius 2 is 1.55 bits per heavy atom. The van der Waals surface area contributed by atoms with Crippen LogP contribution >= 0.6 is 23.2 Å². The van der Waals surface area contributed by atoms with Gasteiger partial charge in [0, 0.05) is 17.2 Å². The highest BCUT2D eigenvalue weighted by Crippen LogP contribution is 2.33. The minimum Gasteiger partial charge on any atom is -0.493 e. The van der Waals surface area contributed by atoms with Crippen molar-refractivity contribution < 1.29 is 22.1 Å². The van der Waals surface area contributed by atoms with Gasteiger partial charge in [0.05, 0.1) is 19.2 Å². The summed E-state index contributed by atoms with van der Waals surface area (Å²) in [6, 6.07) is 8.40. The fourth-order valence-electron chi connectivity index (χ4n) is 1.68. The van der Waals surface area contributed by atoms with Crippen molar-refractivity contribution in [2.75, 3.05) is 14.2 Å². The zero-order valence-corrected chi connectivity index (χ0v) is 14.0. The number of hydrogen-bond acceptors (Lipinski definition) is 5. The summed E-state index contributed by atoms with van der Waals surface area (Å²) in [6.45, 7) is 0. The molecule has 118 valence electrons. The predicted octanol–water partition coefficient (Wildman–Crippen LogP) is 3.78. The van der Waals surface area contributed by atoms with Crippen LogP contribution in [-0.2, 0) is 10.1 Å². The van der Waals surface area contributed by atoms with Gasteiger partial charge in [-0.3, -0.25) is 0 Å². The van der Waals surface area contributed by atoms with Crippen molar-refractivity contribution in [3.63, 3.8) is 0 Å². The third-order valence-corrected chi connectivity index (χ3v) is 4.51. The molecular weight excluding hydrogens is 351 g/mol. The van der Waals surface area contributed by atoms with E-state index in [2.05, 4.69) is 0 Å². The molecule has 0 aromatic heterocycles. The molecule has 22 heavy (non-hydrogen) atoms. The van der Waals surface area contributed by atoms with Crippen molar-refractivity contribution in [3.8, 4) is 17.2 Å². The molecule has 0 saturated heterocycles. The van der Waals surface area contributed by atoms with Crippen molar-refractivity contribution in [2.45, 2.75) is 4.90 Å². The van der Waals surface area contributed by atoms with Crippen LogP contribution in [0.2, 0.25) is 10.0 Å². The van der Waals surface area contributed by atoms with Gasteiger partial charge in [-0.25, -0.2) is 0 Å². The van der Waals surface area contributed by atoms with E-state index in [1.54, 1.807) is 0 Å². The van der Waals surface area contributed by atoms with Gasteiger partial charge in [-0.05, 0) is 24.3 Å². The highest BCUT2D eigenvalue weighted by molar-refractivity contribution is 7.87. The maximum absolute atomic E-state index is 12.3. The van der Waals surface area contributed by atoms with Crippen molar-refractivity contribution in [3.05, 3.63) is 46.4 Å². The molecule has 0 atom stereocenters. The van der Waals surface area contributed by atoms with E-state index in [0.29, 0.717) is 10.8 Å². The Morgan fingerprint density at radius 3 is 2.18 bits per heavy atom. The number of rotatable bonds is 5. The van der Waals surface area contributed by atoms with Crippen LogP contribution in [-0.4, -0.2) is 22.6 Å². The highest BCUT2D eigenvalue weighted by Gasteiger charge is 2.20. The van der Waals surface area contributed by atoms with Crippen LogP contribution in [0, 0.1) is 0 Å². The Kier molecular flexibility index (Phi) is 5.05. The molecule has 0 aliphatic heterocycles. The molecule has 0 fully saturated rings. The fraction of sp³-hybridized carbons (Fsp3) is 0.143. The normalized spacial score (nSPS) is 11.1. The maximum Gasteiger partial charge on any atom is 0.339 e. The minimum absolute atomic E-state index is 0.0519. The topological polar surface area (TPSA) is 61.8 Å². The summed E-state index contributed by atoms with van der Waals surface area (Å²) >= 11 is 11.7. The Balaban J connectivity index is 2.40. The first-order valence-electron chi connectivity index (χ1n) is 5.99. The molecule has 0 N–H and O–H groups in total. The standard InChI is InChI=1S/C14H12Cl2O5S/c1-19-12-6-4-10(8-14(12)20-2)22(17,18)21-13-7-9(15)3-5-11(13)16/h3-8H,1-2H3. The summed E-state index contributed by atoms with van der Waals surface area (Å²) in [6.07, 6.45) is 0. The maximum atomic E-state index is 12.3. The fourth-order valence-corrected chi connectivity index (χ4v) is 3.00. The molecule has 0 heterocycles. The lowest BCUT2D eigenvalue weighted by Crippen LogP contribution is -2.10. The van der Waals surface area contributed by atoms with Gasteiger partial charge in [-0.15, -0.1) is 0 Å². The summed E-state index contributed by atoms with van der Waals surface area (Å²) in [4.78, 5) is -0.0961. The van der Waals surface area contributed by atoms with Gasteiger partial charge in [0.2, 0.25) is 0 Å². The van der Waals surface area contributed by atoms with Gasteiger partial charge >= 0.3 is 10.1 Å². The Morgan fingerprint density at radius 1 is 0.864 bits per heavy atom. The number of halogens is 2. The van der Waals surface area contributed by atoms with Crippen molar-refractivity contribution in [1.29, 1.82) is 0 Å². The second-order valence-electron chi connectivity index (χ2n) is 4.13. The summed E-state index contributed by atoms with van der Waals surface area (Å²) in [5, 5.41) is 0.440. The molecule has 0 aliphatic rings. The first-order chi connectivity index (χ1) is 10.4. The van der Waals surface area contributed by atoms with Gasteiger partial charge in [0.1, 0.15) is 4.90 Å². The molecule has 5 nitrogen and oxygen atoms in total. The van der Waals surface area contributed by atoms with E-state index >= 15 is 0 Å². The molecule has 0 aliphatic carbocycles. The smallest absolute Gasteiger partial charge is 0.339 e. The molecular formula is C14H12Cl2O5S. The molecule has 2 aromatic carbocycles. The van der Waals surface area contributed by atoms with Crippen molar-refractivity contribution in [1.82, 2.24) is 0 Å². The molecule has 0 saturated carbocycles. The van der Waals surface area contributed by atoms with Crippen LogP contribution in [0.1, 0.15) is 0 Å². The van der Waals surface area contributed by atoms with Crippen LogP contribution in [0.4, 0.5) is 0 Å². The Labute approximate surface area is 138 Å². The number of methoxy groups -OCH3 is 2. The van der Waals surface area contributed by atoms with E-state index in [4.69, 9.17) is 36.9 Å². The number of benzene rings is 2. The highest BCUT2D eigenvalue weighted by atomic mass is 35.5. The van der Waals surface area contributed by atoms with Gasteiger partial charge in [-0.1, -0.05) is 23.2 Å². The second kappa shape index (κ2) is 6.64. The van der Waals surface area contributed by atoms with Gasteiger partial charge in [-0.2, -0.15) is 8.42 Å². The minimum atomic E-state index is -4.09. The lowest BCUT2D eigenvalue weighted by atomic mass is 10.3. The quantitative estimate of drug-likeness (QED) is 0.757. The number of hydrogen-bond donors (Lipinski definition) is 0. The van der Waals surface area contributed by atoms with Crippen LogP contribution in [0.3, 0.4) is 0 Å². The van der Waals surface area contributed by atoms with Crippen LogP contribution in [0.15, 0.2) is 41.3 Å². The lowest BCUT2D eigenvalue weighted by molar-refractivity contribution is 0.353. The van der Waals surface area contributed by atoms with Crippen LogP contribution in [0.5, 0.6) is 17.2 Å². The van der Waals surface area contributed by atoms with Crippen molar-refractivity contribution >= 4 is 33.3 Å². The van der Waals surface area contributed by atoms with E-state index < -0.39 is 10.1 Å². The molecule has 0 bridgehead atoms. The summed E-state index contributed by atoms with van der Waals surface area (Å²) in [7, 11) is -1.23. The number of ether oxygens (including phenoxy) is 2. The van der Waals surface area contributed by atoms with Gasteiger partial charge in [0.15, 0.2) is 17.2 Å². The molecule has 8 heteroatoms. The van der Waals surface area contributed by atoms with Gasteiger partial charge in [0.25, 0.3) is 0 Å². The van der Waals surface area contributed by atoms with Crippen LogP contribution in [0.25, 0.3) is 0 Å².